The molecule has 2 aromatic carbocycles. The Morgan fingerprint density at radius 1 is 1.04 bits per heavy atom. The maximum absolute atomic E-state index is 14.1. The topological polar surface area (TPSA) is 23.8 Å². The monoisotopic (exact) mass is 379 g/mol. The fraction of sp³-hybridized carbons (Fsp3) is 0.400. The summed E-state index contributed by atoms with van der Waals surface area (Å²) in [5, 5.41) is 8.96. The number of rotatable bonds is 7. The van der Waals surface area contributed by atoms with Crippen molar-refractivity contribution >= 4 is 0 Å². The van der Waals surface area contributed by atoms with E-state index in [0.29, 0.717) is 12.2 Å². The third-order valence-electron chi connectivity index (χ3n) is 5.97. The first-order chi connectivity index (χ1) is 13.7. The van der Waals surface area contributed by atoms with Gasteiger partial charge in [-0.1, -0.05) is 49.2 Å². The van der Waals surface area contributed by atoms with E-state index in [-0.39, 0.29) is 5.56 Å². The second-order valence-electron chi connectivity index (χ2n) is 7.76. The van der Waals surface area contributed by atoms with Crippen LogP contribution in [0.5, 0.6) is 0 Å². The van der Waals surface area contributed by atoms with E-state index in [1.54, 1.807) is 12.1 Å². The molecule has 3 rings (SSSR count). The van der Waals surface area contributed by atoms with Crippen LogP contribution in [0.15, 0.2) is 54.9 Å². The standard InChI is InChI=1S/C25H27F2N/c26-16-6-2-1-3-7-19-10-12-20(13-11-19)23-8-4-5-9-24(23)21-14-15-22(18-28)25(27)17-21/h4-6,8-9,14-17,19-20H,1-3,7,10-13H2/b16-6+. The van der Waals surface area contributed by atoms with Gasteiger partial charge in [-0.15, -0.1) is 0 Å². The zero-order chi connectivity index (χ0) is 19.8. The highest BCUT2D eigenvalue weighted by molar-refractivity contribution is 5.69. The molecule has 0 bridgehead atoms. The lowest BCUT2D eigenvalue weighted by Crippen LogP contribution is -2.14. The molecule has 1 fully saturated rings. The number of allylic oxidation sites excluding steroid dienone is 1. The van der Waals surface area contributed by atoms with Gasteiger partial charge < -0.3 is 0 Å². The summed E-state index contributed by atoms with van der Waals surface area (Å²) in [7, 11) is 0. The van der Waals surface area contributed by atoms with Crippen LogP contribution >= 0.6 is 0 Å². The molecule has 1 aliphatic carbocycles. The van der Waals surface area contributed by atoms with Gasteiger partial charge in [0.15, 0.2) is 0 Å². The van der Waals surface area contributed by atoms with Gasteiger partial charge in [-0.25, -0.2) is 8.78 Å². The molecule has 1 nitrogen and oxygen atoms in total. The zero-order valence-electron chi connectivity index (χ0n) is 16.2. The first-order valence-electron chi connectivity index (χ1n) is 10.3. The fourth-order valence-electron chi connectivity index (χ4n) is 4.41. The highest BCUT2D eigenvalue weighted by atomic mass is 19.1. The van der Waals surface area contributed by atoms with E-state index >= 15 is 0 Å². The van der Waals surface area contributed by atoms with Crippen LogP contribution < -0.4 is 0 Å². The summed E-state index contributed by atoms with van der Waals surface area (Å²) < 4.78 is 26.1. The summed E-state index contributed by atoms with van der Waals surface area (Å²) in [6, 6.07) is 15.1. The lowest BCUT2D eigenvalue weighted by Gasteiger charge is -2.30. The van der Waals surface area contributed by atoms with E-state index in [1.807, 2.05) is 18.2 Å². The van der Waals surface area contributed by atoms with Crippen molar-refractivity contribution in [3.05, 3.63) is 71.8 Å². The van der Waals surface area contributed by atoms with Crippen LogP contribution in [0.25, 0.3) is 11.1 Å². The lowest BCUT2D eigenvalue weighted by atomic mass is 9.75. The van der Waals surface area contributed by atoms with Crippen LogP contribution in [0.3, 0.4) is 0 Å². The number of nitriles is 1. The van der Waals surface area contributed by atoms with Crippen LogP contribution in [0.4, 0.5) is 8.78 Å². The van der Waals surface area contributed by atoms with Crippen LogP contribution in [-0.2, 0) is 0 Å². The quantitative estimate of drug-likeness (QED) is 0.453. The Morgan fingerprint density at radius 3 is 2.54 bits per heavy atom. The Labute approximate surface area is 166 Å². The maximum Gasteiger partial charge on any atom is 0.141 e. The van der Waals surface area contributed by atoms with E-state index in [2.05, 4.69) is 18.2 Å². The molecule has 0 amide bonds. The Kier molecular flexibility index (Phi) is 7.37. The highest BCUT2D eigenvalue weighted by Gasteiger charge is 2.24. The number of hydrogen-bond donors (Lipinski definition) is 0. The average Bonchev–Trinajstić information content (AvgIpc) is 2.74. The predicted octanol–water partition coefficient (Wildman–Crippen LogP) is 7.68. The van der Waals surface area contributed by atoms with Gasteiger partial charge in [0.05, 0.1) is 11.9 Å². The van der Waals surface area contributed by atoms with Gasteiger partial charge in [0.1, 0.15) is 11.9 Å². The van der Waals surface area contributed by atoms with Gasteiger partial charge in [0, 0.05) is 0 Å². The molecule has 0 heterocycles. The molecule has 0 N–H and O–H groups in total. The molecule has 0 aliphatic heterocycles. The third-order valence-corrected chi connectivity index (χ3v) is 5.97. The normalized spacial score (nSPS) is 19.6. The van der Waals surface area contributed by atoms with Crippen LogP contribution in [0.1, 0.15) is 68.4 Å². The Bertz CT molecular complexity index is 842. The van der Waals surface area contributed by atoms with Gasteiger partial charge >= 0.3 is 0 Å². The van der Waals surface area contributed by atoms with E-state index in [9.17, 15) is 8.78 Å². The summed E-state index contributed by atoms with van der Waals surface area (Å²) in [5.41, 5.74) is 3.30. The second kappa shape index (κ2) is 10.2. The summed E-state index contributed by atoms with van der Waals surface area (Å²) >= 11 is 0. The molecule has 0 saturated heterocycles. The third kappa shape index (κ3) is 5.07. The largest absolute Gasteiger partial charge is 0.216 e. The van der Waals surface area contributed by atoms with E-state index < -0.39 is 5.82 Å². The van der Waals surface area contributed by atoms with Gasteiger partial charge in [0.2, 0.25) is 0 Å². The Morgan fingerprint density at radius 2 is 1.82 bits per heavy atom. The summed E-state index contributed by atoms with van der Waals surface area (Å²) in [6.07, 6.45) is 11.3. The molecule has 3 heteroatoms. The first-order valence-corrected chi connectivity index (χ1v) is 10.3. The molecule has 0 atom stereocenters. The molecule has 2 aromatic rings. The SMILES string of the molecule is N#Cc1ccc(-c2ccccc2C2CCC(CCCC/C=C/F)CC2)cc1F. The van der Waals surface area contributed by atoms with Crippen molar-refractivity contribution in [3.8, 4) is 17.2 Å². The Balaban J connectivity index is 1.64. The van der Waals surface area contributed by atoms with Crippen LogP contribution in [0.2, 0.25) is 0 Å². The summed E-state index contributed by atoms with van der Waals surface area (Å²) in [5.74, 6) is 0.812. The van der Waals surface area contributed by atoms with Crippen molar-refractivity contribution in [1.29, 1.82) is 5.26 Å². The van der Waals surface area contributed by atoms with Crippen molar-refractivity contribution in [2.24, 2.45) is 5.92 Å². The van der Waals surface area contributed by atoms with Crippen molar-refractivity contribution in [3.63, 3.8) is 0 Å². The van der Waals surface area contributed by atoms with Gasteiger partial charge in [-0.2, -0.15) is 5.26 Å². The smallest absolute Gasteiger partial charge is 0.141 e. The van der Waals surface area contributed by atoms with Crippen molar-refractivity contribution in [2.45, 2.75) is 57.3 Å². The average molecular weight is 379 g/mol. The second-order valence-corrected chi connectivity index (χ2v) is 7.76. The van der Waals surface area contributed by atoms with Crippen molar-refractivity contribution in [2.75, 3.05) is 0 Å². The van der Waals surface area contributed by atoms with Gasteiger partial charge in [0.25, 0.3) is 0 Å². The number of halogens is 2. The van der Waals surface area contributed by atoms with Crippen LogP contribution in [-0.4, -0.2) is 0 Å². The van der Waals surface area contributed by atoms with Gasteiger partial charge in [-0.05, 0) is 79.2 Å². The fourth-order valence-corrected chi connectivity index (χ4v) is 4.41. The number of hydrogen-bond acceptors (Lipinski definition) is 1. The number of benzene rings is 2. The predicted molar refractivity (Wildman–Crippen MR) is 110 cm³/mol. The molecule has 28 heavy (non-hydrogen) atoms. The van der Waals surface area contributed by atoms with Crippen LogP contribution in [0, 0.1) is 23.1 Å². The van der Waals surface area contributed by atoms with E-state index in [4.69, 9.17) is 5.26 Å². The molecule has 0 unspecified atom stereocenters. The van der Waals surface area contributed by atoms with E-state index in [1.165, 1.54) is 37.3 Å². The Hall–Kier alpha value is -2.47. The molecule has 146 valence electrons. The first kappa shape index (κ1) is 20.3. The van der Waals surface area contributed by atoms with Crippen molar-refractivity contribution < 1.29 is 8.78 Å². The molecule has 0 aromatic heterocycles. The molecular formula is C25H27F2N. The lowest BCUT2D eigenvalue weighted by molar-refractivity contribution is 0.303. The molecular weight excluding hydrogens is 352 g/mol. The minimum atomic E-state index is -0.457. The number of unbranched alkanes of at least 4 members (excludes halogenated alkanes) is 2. The minimum Gasteiger partial charge on any atom is -0.216 e. The number of nitrogens with zero attached hydrogens (tertiary/aromatic N) is 1. The summed E-state index contributed by atoms with van der Waals surface area (Å²) in [4.78, 5) is 0. The summed E-state index contributed by atoms with van der Waals surface area (Å²) in [6.45, 7) is 0. The molecule has 0 radical (unpaired) electrons. The molecule has 1 saturated carbocycles. The highest BCUT2D eigenvalue weighted by Crippen LogP contribution is 2.41. The van der Waals surface area contributed by atoms with Gasteiger partial charge in [-0.3, -0.25) is 0 Å². The van der Waals surface area contributed by atoms with E-state index in [0.717, 1.165) is 42.7 Å². The zero-order valence-corrected chi connectivity index (χ0v) is 16.2. The van der Waals surface area contributed by atoms with Crippen molar-refractivity contribution in [1.82, 2.24) is 0 Å². The molecule has 0 spiro atoms. The molecule has 1 aliphatic rings. The minimum absolute atomic E-state index is 0.0868. The maximum atomic E-state index is 14.1.